The van der Waals surface area contributed by atoms with Gasteiger partial charge in [-0.3, -0.25) is 4.79 Å². The van der Waals surface area contributed by atoms with Gasteiger partial charge in [0.25, 0.3) is 0 Å². The van der Waals surface area contributed by atoms with Gasteiger partial charge in [0.1, 0.15) is 6.04 Å². The molecule has 0 aromatic carbocycles. The van der Waals surface area contributed by atoms with Crippen LogP contribution in [-0.2, 0) is 9.59 Å². The van der Waals surface area contributed by atoms with Crippen molar-refractivity contribution < 1.29 is 14.7 Å². The van der Waals surface area contributed by atoms with E-state index in [1.807, 2.05) is 13.8 Å². The van der Waals surface area contributed by atoms with Crippen molar-refractivity contribution in [3.8, 4) is 0 Å². The van der Waals surface area contributed by atoms with Crippen LogP contribution >= 0.6 is 11.8 Å². The number of aliphatic carboxylic acids is 1. The fraction of sp³-hybridized carbons (Fsp3) is 0.846. The molecule has 6 heteroatoms. The Morgan fingerprint density at radius 3 is 2.68 bits per heavy atom. The highest BCUT2D eigenvalue weighted by Gasteiger charge is 2.47. The van der Waals surface area contributed by atoms with Crippen molar-refractivity contribution in [2.24, 2.45) is 5.92 Å². The fourth-order valence-electron chi connectivity index (χ4n) is 2.57. The summed E-state index contributed by atoms with van der Waals surface area (Å²) in [5.41, 5.74) is 0. The van der Waals surface area contributed by atoms with Crippen molar-refractivity contribution in [3.63, 3.8) is 0 Å². The average Bonchev–Trinajstić information content (AvgIpc) is 3.07. The number of carboxylic acid groups (broad SMARTS) is 1. The maximum absolute atomic E-state index is 12.4. The van der Waals surface area contributed by atoms with E-state index >= 15 is 0 Å². The molecule has 2 rings (SSSR count). The third-order valence-electron chi connectivity index (χ3n) is 3.67. The molecule has 0 radical (unpaired) electrons. The fourth-order valence-corrected chi connectivity index (χ4v) is 4.22. The molecule has 3 atom stereocenters. The first-order chi connectivity index (χ1) is 9.04. The summed E-state index contributed by atoms with van der Waals surface area (Å²) >= 11 is 1.63. The largest absolute Gasteiger partial charge is 0.480 e. The number of hydrogen-bond donors (Lipinski definition) is 2. The molecular formula is C13H22N2O3S. The molecule has 1 aliphatic carbocycles. The van der Waals surface area contributed by atoms with E-state index in [1.54, 1.807) is 16.7 Å². The third kappa shape index (κ3) is 3.42. The number of thioether (sulfide) groups is 1. The standard InChI is InChI=1S/C13H22N2O3S/c1-3-14-8(2)6-11(16)15-10(13(17)18)7-19-12(15)9-4-5-9/h8-10,12,14H,3-7H2,1-2H3,(H,17,18). The van der Waals surface area contributed by atoms with Gasteiger partial charge in [-0.15, -0.1) is 11.8 Å². The molecule has 1 aliphatic heterocycles. The Balaban J connectivity index is 2.03. The van der Waals surface area contributed by atoms with E-state index in [0.29, 0.717) is 18.1 Å². The first-order valence-electron chi connectivity index (χ1n) is 6.93. The normalized spacial score (nSPS) is 28.4. The summed E-state index contributed by atoms with van der Waals surface area (Å²) in [6.07, 6.45) is 2.62. The van der Waals surface area contributed by atoms with Crippen LogP contribution in [-0.4, -0.2) is 51.6 Å². The highest BCUT2D eigenvalue weighted by molar-refractivity contribution is 8.00. The molecule has 2 aliphatic rings. The smallest absolute Gasteiger partial charge is 0.327 e. The Kier molecular flexibility index (Phi) is 4.73. The second kappa shape index (κ2) is 6.13. The van der Waals surface area contributed by atoms with Gasteiger partial charge in [-0.2, -0.15) is 0 Å². The number of rotatable bonds is 6. The minimum absolute atomic E-state index is 0.0252. The topological polar surface area (TPSA) is 69.6 Å². The first kappa shape index (κ1) is 14.7. The second-order valence-electron chi connectivity index (χ2n) is 5.38. The summed E-state index contributed by atoms with van der Waals surface area (Å²) in [5, 5.41) is 12.6. The molecule has 0 bridgehead atoms. The van der Waals surface area contributed by atoms with E-state index < -0.39 is 12.0 Å². The number of nitrogens with zero attached hydrogens (tertiary/aromatic N) is 1. The molecule has 1 amide bonds. The van der Waals surface area contributed by atoms with Crippen LogP contribution in [0.1, 0.15) is 33.1 Å². The third-order valence-corrected chi connectivity index (χ3v) is 5.13. The van der Waals surface area contributed by atoms with E-state index in [9.17, 15) is 14.7 Å². The van der Waals surface area contributed by atoms with Crippen LogP contribution in [0, 0.1) is 5.92 Å². The number of carbonyl (C=O) groups is 2. The lowest BCUT2D eigenvalue weighted by atomic mass is 10.1. The molecule has 108 valence electrons. The highest BCUT2D eigenvalue weighted by Crippen LogP contribution is 2.45. The summed E-state index contributed by atoms with van der Waals surface area (Å²) in [6.45, 7) is 4.78. The molecule has 5 nitrogen and oxygen atoms in total. The predicted molar refractivity (Wildman–Crippen MR) is 75.0 cm³/mol. The van der Waals surface area contributed by atoms with Gasteiger partial charge < -0.3 is 15.3 Å². The maximum atomic E-state index is 12.4. The summed E-state index contributed by atoms with van der Waals surface area (Å²) in [4.78, 5) is 25.3. The van der Waals surface area contributed by atoms with Gasteiger partial charge in [0.2, 0.25) is 5.91 Å². The van der Waals surface area contributed by atoms with Crippen LogP contribution in [0.5, 0.6) is 0 Å². The lowest BCUT2D eigenvalue weighted by Gasteiger charge is -2.28. The van der Waals surface area contributed by atoms with Crippen LogP contribution in [0.25, 0.3) is 0 Å². The van der Waals surface area contributed by atoms with Crippen molar-refractivity contribution in [2.45, 2.75) is 50.6 Å². The molecule has 3 unspecified atom stereocenters. The Labute approximate surface area is 118 Å². The number of carbonyl (C=O) groups excluding carboxylic acids is 1. The zero-order valence-corrected chi connectivity index (χ0v) is 12.3. The van der Waals surface area contributed by atoms with Gasteiger partial charge in [-0.05, 0) is 32.2 Å². The average molecular weight is 286 g/mol. The number of nitrogens with one attached hydrogen (secondary N) is 1. The second-order valence-corrected chi connectivity index (χ2v) is 6.53. The zero-order valence-electron chi connectivity index (χ0n) is 11.5. The van der Waals surface area contributed by atoms with Crippen molar-refractivity contribution in [3.05, 3.63) is 0 Å². The van der Waals surface area contributed by atoms with Crippen LogP contribution in [0.15, 0.2) is 0 Å². The minimum Gasteiger partial charge on any atom is -0.480 e. The van der Waals surface area contributed by atoms with Gasteiger partial charge in [-0.1, -0.05) is 6.92 Å². The molecule has 2 N–H and O–H groups in total. The molecule has 0 aromatic rings. The van der Waals surface area contributed by atoms with E-state index in [-0.39, 0.29) is 17.3 Å². The summed E-state index contributed by atoms with van der Waals surface area (Å²) < 4.78 is 0. The van der Waals surface area contributed by atoms with Crippen LogP contribution in [0.4, 0.5) is 0 Å². The lowest BCUT2D eigenvalue weighted by Crippen LogP contribution is -2.48. The molecule has 1 saturated heterocycles. The first-order valence-corrected chi connectivity index (χ1v) is 7.98. The van der Waals surface area contributed by atoms with Crippen molar-refractivity contribution in [2.75, 3.05) is 12.3 Å². The molecular weight excluding hydrogens is 264 g/mol. The maximum Gasteiger partial charge on any atom is 0.327 e. The number of amides is 1. The molecule has 1 saturated carbocycles. The lowest BCUT2D eigenvalue weighted by molar-refractivity contribution is -0.149. The SMILES string of the molecule is CCNC(C)CC(=O)N1C(C(=O)O)CSC1C1CC1. The van der Waals surface area contributed by atoms with Gasteiger partial charge in [0.15, 0.2) is 0 Å². The van der Waals surface area contributed by atoms with Crippen LogP contribution in [0.2, 0.25) is 0 Å². The molecule has 19 heavy (non-hydrogen) atoms. The highest BCUT2D eigenvalue weighted by atomic mass is 32.2. The summed E-state index contributed by atoms with van der Waals surface area (Å²) in [5.74, 6) is 0.133. The van der Waals surface area contributed by atoms with Crippen LogP contribution in [0.3, 0.4) is 0 Å². The van der Waals surface area contributed by atoms with Gasteiger partial charge in [-0.25, -0.2) is 4.79 Å². The van der Waals surface area contributed by atoms with Crippen molar-refractivity contribution in [1.82, 2.24) is 10.2 Å². The van der Waals surface area contributed by atoms with Gasteiger partial charge in [0.05, 0.1) is 5.37 Å². The number of hydrogen-bond acceptors (Lipinski definition) is 4. The molecule has 0 aromatic heterocycles. The van der Waals surface area contributed by atoms with E-state index in [0.717, 1.165) is 19.4 Å². The Hall–Kier alpha value is -0.750. The number of carboxylic acids is 1. The summed E-state index contributed by atoms with van der Waals surface area (Å²) in [6, 6.07) is -0.547. The minimum atomic E-state index is -0.875. The molecule has 1 heterocycles. The Bertz CT molecular complexity index is 360. The van der Waals surface area contributed by atoms with E-state index in [1.165, 1.54) is 0 Å². The van der Waals surface area contributed by atoms with Gasteiger partial charge >= 0.3 is 5.97 Å². The van der Waals surface area contributed by atoms with E-state index in [4.69, 9.17) is 0 Å². The van der Waals surface area contributed by atoms with Gasteiger partial charge in [0, 0.05) is 18.2 Å². The van der Waals surface area contributed by atoms with Crippen LogP contribution < -0.4 is 5.32 Å². The predicted octanol–water partition coefficient (Wildman–Crippen LogP) is 1.14. The van der Waals surface area contributed by atoms with Crippen molar-refractivity contribution >= 4 is 23.6 Å². The quantitative estimate of drug-likeness (QED) is 0.766. The Morgan fingerprint density at radius 1 is 1.47 bits per heavy atom. The molecule has 2 fully saturated rings. The zero-order chi connectivity index (χ0) is 14.0. The van der Waals surface area contributed by atoms with E-state index in [2.05, 4.69) is 5.32 Å². The molecule has 0 spiro atoms. The van der Waals surface area contributed by atoms with Crippen molar-refractivity contribution in [1.29, 1.82) is 0 Å². The summed E-state index contributed by atoms with van der Waals surface area (Å²) in [7, 11) is 0. The Morgan fingerprint density at radius 2 is 2.16 bits per heavy atom. The monoisotopic (exact) mass is 286 g/mol.